The SMILES string of the molecule is CNCC(F)(F)c1ccc(OC)cc1OC. The van der Waals surface area contributed by atoms with Gasteiger partial charge in [0.15, 0.2) is 0 Å². The van der Waals surface area contributed by atoms with Gasteiger partial charge in [-0.1, -0.05) is 0 Å². The first kappa shape index (κ1) is 12.7. The van der Waals surface area contributed by atoms with Crippen LogP contribution in [0.3, 0.4) is 0 Å². The standard InChI is InChI=1S/C11H15F2NO2/c1-14-7-11(12,13)9-5-4-8(15-2)6-10(9)16-3/h4-6,14H,7H2,1-3H3. The number of nitrogens with one attached hydrogen (secondary N) is 1. The minimum Gasteiger partial charge on any atom is -0.497 e. The predicted octanol–water partition coefficient (Wildman–Crippen LogP) is 2.01. The average molecular weight is 231 g/mol. The molecule has 0 atom stereocenters. The van der Waals surface area contributed by atoms with Gasteiger partial charge in [-0.05, 0) is 19.2 Å². The van der Waals surface area contributed by atoms with Crippen molar-refractivity contribution in [3.63, 3.8) is 0 Å². The average Bonchev–Trinajstić information content (AvgIpc) is 2.28. The maximum Gasteiger partial charge on any atom is 0.288 e. The molecule has 0 heterocycles. The molecular formula is C11H15F2NO2. The maximum atomic E-state index is 13.7. The van der Waals surface area contributed by atoms with Gasteiger partial charge >= 0.3 is 0 Å². The molecule has 0 aliphatic rings. The van der Waals surface area contributed by atoms with Crippen molar-refractivity contribution < 1.29 is 18.3 Å². The van der Waals surface area contributed by atoms with Crippen LogP contribution in [0.15, 0.2) is 18.2 Å². The number of ether oxygens (including phenoxy) is 2. The Morgan fingerprint density at radius 1 is 1.25 bits per heavy atom. The second kappa shape index (κ2) is 5.12. The Balaban J connectivity index is 3.12. The molecule has 1 N–H and O–H groups in total. The van der Waals surface area contributed by atoms with Crippen LogP contribution in [0.4, 0.5) is 8.78 Å². The highest BCUT2D eigenvalue weighted by atomic mass is 19.3. The zero-order valence-corrected chi connectivity index (χ0v) is 9.51. The van der Waals surface area contributed by atoms with Crippen molar-refractivity contribution in [2.45, 2.75) is 5.92 Å². The molecule has 5 heteroatoms. The smallest absolute Gasteiger partial charge is 0.288 e. The van der Waals surface area contributed by atoms with E-state index in [-0.39, 0.29) is 11.3 Å². The molecule has 0 spiro atoms. The molecule has 0 bridgehead atoms. The summed E-state index contributed by atoms with van der Waals surface area (Å²) in [7, 11) is 4.30. The number of benzene rings is 1. The predicted molar refractivity (Wildman–Crippen MR) is 57.4 cm³/mol. The van der Waals surface area contributed by atoms with Crippen LogP contribution in [0.1, 0.15) is 5.56 Å². The molecular weight excluding hydrogens is 216 g/mol. The van der Waals surface area contributed by atoms with Gasteiger partial charge in [0.05, 0.1) is 26.3 Å². The molecule has 0 saturated heterocycles. The fourth-order valence-electron chi connectivity index (χ4n) is 1.42. The van der Waals surface area contributed by atoms with Crippen molar-refractivity contribution in [1.29, 1.82) is 0 Å². The van der Waals surface area contributed by atoms with E-state index in [1.54, 1.807) is 0 Å². The van der Waals surface area contributed by atoms with Gasteiger partial charge in [-0.15, -0.1) is 0 Å². The molecule has 0 saturated carbocycles. The molecule has 16 heavy (non-hydrogen) atoms. The van der Waals surface area contributed by atoms with Gasteiger partial charge in [0.1, 0.15) is 11.5 Å². The Morgan fingerprint density at radius 3 is 2.44 bits per heavy atom. The number of rotatable bonds is 5. The Bertz CT molecular complexity index is 356. The van der Waals surface area contributed by atoms with E-state index in [0.29, 0.717) is 5.75 Å². The summed E-state index contributed by atoms with van der Waals surface area (Å²) >= 11 is 0. The number of halogens is 2. The lowest BCUT2D eigenvalue weighted by Crippen LogP contribution is -2.28. The Labute approximate surface area is 93.4 Å². The summed E-state index contributed by atoms with van der Waals surface area (Å²) in [6.07, 6.45) is 0. The topological polar surface area (TPSA) is 30.5 Å². The zero-order valence-electron chi connectivity index (χ0n) is 9.51. The molecule has 0 unspecified atom stereocenters. The van der Waals surface area contributed by atoms with Crippen molar-refractivity contribution in [2.24, 2.45) is 0 Å². The summed E-state index contributed by atoms with van der Waals surface area (Å²) < 4.78 is 37.2. The van der Waals surface area contributed by atoms with Crippen molar-refractivity contribution in [3.8, 4) is 11.5 Å². The number of hydrogen-bond donors (Lipinski definition) is 1. The first-order valence-electron chi connectivity index (χ1n) is 4.80. The molecule has 3 nitrogen and oxygen atoms in total. The molecule has 0 radical (unpaired) electrons. The lowest BCUT2D eigenvalue weighted by molar-refractivity contribution is -0.00345. The van der Waals surface area contributed by atoms with Crippen molar-refractivity contribution >= 4 is 0 Å². The zero-order chi connectivity index (χ0) is 12.2. The summed E-state index contributed by atoms with van der Waals surface area (Å²) in [4.78, 5) is 0. The van der Waals surface area contributed by atoms with E-state index >= 15 is 0 Å². The van der Waals surface area contributed by atoms with Crippen molar-refractivity contribution in [3.05, 3.63) is 23.8 Å². The van der Waals surface area contributed by atoms with Crippen molar-refractivity contribution in [2.75, 3.05) is 27.8 Å². The van der Waals surface area contributed by atoms with E-state index < -0.39 is 12.5 Å². The van der Waals surface area contributed by atoms with Crippen LogP contribution >= 0.6 is 0 Å². The fraction of sp³-hybridized carbons (Fsp3) is 0.455. The van der Waals surface area contributed by atoms with Gasteiger partial charge < -0.3 is 14.8 Å². The van der Waals surface area contributed by atoms with Crippen LogP contribution in [0.2, 0.25) is 0 Å². The van der Waals surface area contributed by atoms with Crippen LogP contribution in [0.25, 0.3) is 0 Å². The first-order valence-corrected chi connectivity index (χ1v) is 4.80. The lowest BCUT2D eigenvalue weighted by atomic mass is 10.1. The van der Waals surface area contributed by atoms with Crippen LogP contribution in [-0.2, 0) is 5.92 Å². The highest BCUT2D eigenvalue weighted by molar-refractivity contribution is 5.43. The second-order valence-corrected chi connectivity index (χ2v) is 3.30. The van der Waals surface area contributed by atoms with E-state index in [2.05, 4.69) is 5.32 Å². The molecule has 0 aliphatic heterocycles. The third-order valence-electron chi connectivity index (χ3n) is 2.20. The van der Waals surface area contributed by atoms with Crippen LogP contribution < -0.4 is 14.8 Å². The third kappa shape index (κ3) is 2.61. The Hall–Kier alpha value is -1.36. The maximum absolute atomic E-state index is 13.7. The summed E-state index contributed by atoms with van der Waals surface area (Å²) in [6.45, 7) is -0.435. The fourth-order valence-corrected chi connectivity index (χ4v) is 1.42. The quantitative estimate of drug-likeness (QED) is 0.841. The summed E-state index contributed by atoms with van der Waals surface area (Å²) in [6, 6.07) is 4.25. The van der Waals surface area contributed by atoms with Gasteiger partial charge in [0.25, 0.3) is 5.92 Å². The van der Waals surface area contributed by atoms with Gasteiger partial charge in [-0.3, -0.25) is 0 Å². The van der Waals surface area contributed by atoms with E-state index in [4.69, 9.17) is 9.47 Å². The van der Waals surface area contributed by atoms with Gasteiger partial charge in [-0.25, -0.2) is 0 Å². The minimum atomic E-state index is -2.97. The molecule has 90 valence electrons. The number of alkyl halides is 2. The normalized spacial score (nSPS) is 11.3. The first-order chi connectivity index (χ1) is 7.55. The summed E-state index contributed by atoms with van der Waals surface area (Å²) in [5, 5.41) is 2.45. The molecule has 1 aromatic carbocycles. The highest BCUT2D eigenvalue weighted by Crippen LogP contribution is 2.36. The van der Waals surface area contributed by atoms with Gasteiger partial charge in [-0.2, -0.15) is 8.78 Å². The highest BCUT2D eigenvalue weighted by Gasteiger charge is 2.34. The van der Waals surface area contributed by atoms with E-state index in [0.717, 1.165) is 0 Å². The monoisotopic (exact) mass is 231 g/mol. The molecule has 0 aromatic heterocycles. The summed E-state index contributed by atoms with van der Waals surface area (Å²) in [5.74, 6) is -2.35. The minimum absolute atomic E-state index is 0.125. The molecule has 0 amide bonds. The van der Waals surface area contributed by atoms with Crippen molar-refractivity contribution in [1.82, 2.24) is 5.32 Å². The Morgan fingerprint density at radius 2 is 1.94 bits per heavy atom. The summed E-state index contributed by atoms with van der Waals surface area (Å²) in [5.41, 5.74) is -0.148. The van der Waals surface area contributed by atoms with E-state index in [1.165, 1.54) is 39.5 Å². The second-order valence-electron chi connectivity index (χ2n) is 3.30. The van der Waals surface area contributed by atoms with Crippen LogP contribution in [0, 0.1) is 0 Å². The Kier molecular flexibility index (Phi) is 4.06. The third-order valence-corrected chi connectivity index (χ3v) is 2.20. The molecule has 0 aliphatic carbocycles. The van der Waals surface area contributed by atoms with Crippen LogP contribution in [0.5, 0.6) is 11.5 Å². The van der Waals surface area contributed by atoms with E-state index in [9.17, 15) is 8.78 Å². The number of methoxy groups -OCH3 is 2. The largest absolute Gasteiger partial charge is 0.497 e. The molecule has 1 aromatic rings. The number of likely N-dealkylation sites (N-methyl/N-ethyl adjacent to an activating group) is 1. The molecule has 0 fully saturated rings. The lowest BCUT2D eigenvalue weighted by Gasteiger charge is -2.19. The van der Waals surface area contributed by atoms with E-state index in [1.807, 2.05) is 0 Å². The van der Waals surface area contributed by atoms with Gasteiger partial charge in [0, 0.05) is 6.07 Å². The van der Waals surface area contributed by atoms with Gasteiger partial charge in [0.2, 0.25) is 0 Å². The number of hydrogen-bond acceptors (Lipinski definition) is 3. The van der Waals surface area contributed by atoms with Crippen LogP contribution in [-0.4, -0.2) is 27.8 Å². The molecule has 1 rings (SSSR count).